The van der Waals surface area contributed by atoms with Crippen molar-refractivity contribution in [1.82, 2.24) is 0 Å². The van der Waals surface area contributed by atoms with Crippen LogP contribution in [0.3, 0.4) is 0 Å². The lowest BCUT2D eigenvalue weighted by Gasteiger charge is -2.56. The Hall–Kier alpha value is -0.660. The van der Waals surface area contributed by atoms with E-state index in [1.165, 1.54) is 77.0 Å². The van der Waals surface area contributed by atoms with Crippen molar-refractivity contribution in [3.8, 4) is 0 Å². The molecule has 2 heteroatoms. The van der Waals surface area contributed by atoms with Gasteiger partial charge in [0.25, 0.3) is 0 Å². The summed E-state index contributed by atoms with van der Waals surface area (Å²) in [5.74, 6) is 6.98. The van der Waals surface area contributed by atoms with Crippen LogP contribution in [0, 0.1) is 58.2 Å². The van der Waals surface area contributed by atoms with Crippen LogP contribution in [0.4, 0.5) is 0 Å². The standard InChI is InChI=1S/C29H42O2/c30-26(28-12-18-6-19(13-28)8-20(7-18)14-28)24-2-1-3-25(5-4-24)27(31)29-15-21-9-22(16-29)11-23(10-21)17-29/h18-25H,1-17H2. The Labute approximate surface area is 188 Å². The molecule has 9 saturated carbocycles. The van der Waals surface area contributed by atoms with Crippen LogP contribution in [0.25, 0.3) is 0 Å². The van der Waals surface area contributed by atoms with Crippen molar-refractivity contribution in [2.45, 2.75) is 109 Å². The minimum absolute atomic E-state index is 0.0587. The van der Waals surface area contributed by atoms with Gasteiger partial charge in [-0.2, -0.15) is 0 Å². The minimum atomic E-state index is 0.0587. The molecule has 2 atom stereocenters. The third-order valence-corrected chi connectivity index (χ3v) is 11.8. The van der Waals surface area contributed by atoms with Crippen molar-refractivity contribution in [2.75, 3.05) is 0 Å². The summed E-state index contributed by atoms with van der Waals surface area (Å²) >= 11 is 0. The van der Waals surface area contributed by atoms with E-state index in [0.29, 0.717) is 11.6 Å². The number of ketones is 2. The van der Waals surface area contributed by atoms with Crippen LogP contribution in [-0.4, -0.2) is 11.6 Å². The molecule has 8 bridgehead atoms. The molecule has 2 nitrogen and oxygen atoms in total. The second kappa shape index (κ2) is 6.92. The topological polar surface area (TPSA) is 34.1 Å². The molecule has 9 fully saturated rings. The van der Waals surface area contributed by atoms with Crippen LogP contribution in [0.1, 0.15) is 109 Å². The summed E-state index contributed by atoms with van der Waals surface area (Å²) in [7, 11) is 0. The quantitative estimate of drug-likeness (QED) is 0.469. The number of hydrogen-bond acceptors (Lipinski definition) is 2. The average Bonchev–Trinajstić information content (AvgIpc) is 2.97. The highest BCUT2D eigenvalue weighted by atomic mass is 16.1. The summed E-state index contributed by atoms with van der Waals surface area (Å²) in [5.41, 5.74) is 0.117. The molecule has 31 heavy (non-hydrogen) atoms. The van der Waals surface area contributed by atoms with Gasteiger partial charge in [0.05, 0.1) is 0 Å². The van der Waals surface area contributed by atoms with Gasteiger partial charge in [-0.05, 0) is 138 Å². The molecule has 0 saturated heterocycles. The van der Waals surface area contributed by atoms with Gasteiger partial charge in [-0.15, -0.1) is 0 Å². The summed E-state index contributed by atoms with van der Waals surface area (Å²) in [5, 5.41) is 0. The molecule has 0 aromatic carbocycles. The summed E-state index contributed by atoms with van der Waals surface area (Å²) in [6.07, 6.45) is 21.1. The molecular weight excluding hydrogens is 380 g/mol. The second-order valence-corrected chi connectivity index (χ2v) is 14.0. The van der Waals surface area contributed by atoms with Crippen LogP contribution in [-0.2, 0) is 9.59 Å². The Morgan fingerprint density at radius 1 is 0.452 bits per heavy atom. The van der Waals surface area contributed by atoms with Crippen LogP contribution in [0.15, 0.2) is 0 Å². The van der Waals surface area contributed by atoms with Gasteiger partial charge in [0.15, 0.2) is 0 Å². The van der Waals surface area contributed by atoms with E-state index in [1.54, 1.807) is 0 Å². The third kappa shape index (κ3) is 3.08. The van der Waals surface area contributed by atoms with Gasteiger partial charge in [0.2, 0.25) is 0 Å². The molecule has 0 aromatic heterocycles. The summed E-state index contributed by atoms with van der Waals surface area (Å²) in [6.45, 7) is 0. The summed E-state index contributed by atoms with van der Waals surface area (Å²) in [4.78, 5) is 27.8. The molecule has 170 valence electrons. The predicted molar refractivity (Wildman–Crippen MR) is 121 cm³/mol. The first-order valence-electron chi connectivity index (χ1n) is 14.1. The Kier molecular flexibility index (Phi) is 4.42. The fraction of sp³-hybridized carbons (Fsp3) is 0.931. The predicted octanol–water partition coefficient (Wildman–Crippen LogP) is 6.75. The van der Waals surface area contributed by atoms with E-state index in [9.17, 15) is 9.59 Å². The molecule has 0 N–H and O–H groups in total. The zero-order valence-electron chi connectivity index (χ0n) is 19.5. The van der Waals surface area contributed by atoms with Crippen LogP contribution in [0.5, 0.6) is 0 Å². The second-order valence-electron chi connectivity index (χ2n) is 14.0. The van der Waals surface area contributed by atoms with Crippen LogP contribution in [0.2, 0.25) is 0 Å². The Morgan fingerprint density at radius 3 is 1.03 bits per heavy atom. The molecule has 0 aromatic rings. The Bertz CT molecular complexity index is 643. The molecule has 0 spiro atoms. The largest absolute Gasteiger partial charge is 0.299 e. The van der Waals surface area contributed by atoms with Gasteiger partial charge < -0.3 is 0 Å². The fourth-order valence-electron chi connectivity index (χ4n) is 11.5. The smallest absolute Gasteiger partial charge is 0.142 e. The Morgan fingerprint density at radius 2 is 0.742 bits per heavy atom. The van der Waals surface area contributed by atoms with Crippen molar-refractivity contribution < 1.29 is 9.59 Å². The monoisotopic (exact) mass is 422 g/mol. The lowest BCUT2D eigenvalue weighted by Crippen LogP contribution is -2.52. The maximum absolute atomic E-state index is 13.9. The highest BCUT2D eigenvalue weighted by Crippen LogP contribution is 2.63. The number of Topliss-reactive ketones (excluding diaryl/α,β-unsaturated/α-hetero) is 2. The first-order chi connectivity index (χ1) is 15.0. The summed E-state index contributed by atoms with van der Waals surface area (Å²) < 4.78 is 0. The van der Waals surface area contributed by atoms with Crippen molar-refractivity contribution in [3.05, 3.63) is 0 Å². The van der Waals surface area contributed by atoms with Gasteiger partial charge in [-0.3, -0.25) is 9.59 Å². The molecule has 9 aliphatic rings. The number of carbonyl (C=O) groups excluding carboxylic acids is 2. The maximum atomic E-state index is 13.9. The normalized spacial score (nSPS) is 54.7. The number of hydrogen-bond donors (Lipinski definition) is 0. The van der Waals surface area contributed by atoms with Gasteiger partial charge in [0, 0.05) is 22.7 Å². The van der Waals surface area contributed by atoms with Crippen LogP contribution < -0.4 is 0 Å². The van der Waals surface area contributed by atoms with E-state index < -0.39 is 0 Å². The molecular formula is C29H42O2. The highest BCUT2D eigenvalue weighted by molar-refractivity contribution is 5.89. The first-order valence-corrected chi connectivity index (χ1v) is 14.1. The number of carbonyl (C=O) groups is 2. The van der Waals surface area contributed by atoms with E-state index >= 15 is 0 Å². The van der Waals surface area contributed by atoms with Gasteiger partial charge in [-0.1, -0.05) is 6.42 Å². The average molecular weight is 423 g/mol. The van der Waals surface area contributed by atoms with Gasteiger partial charge in [-0.25, -0.2) is 0 Å². The zero-order chi connectivity index (χ0) is 20.8. The van der Waals surface area contributed by atoms with Crippen molar-refractivity contribution >= 4 is 11.6 Å². The molecule has 9 rings (SSSR count). The zero-order valence-corrected chi connectivity index (χ0v) is 19.5. The molecule has 0 aliphatic heterocycles. The van der Waals surface area contributed by atoms with Gasteiger partial charge >= 0.3 is 0 Å². The summed E-state index contributed by atoms with van der Waals surface area (Å²) in [6, 6.07) is 0. The van der Waals surface area contributed by atoms with E-state index in [1.807, 2.05) is 0 Å². The molecule has 0 amide bonds. The number of rotatable bonds is 4. The SMILES string of the molecule is O=C(C1CCCC(C(=O)C23CC4CC(CC(C4)C2)C3)CC1)C12CC3CC(CC(C3)C1)C2. The minimum Gasteiger partial charge on any atom is -0.299 e. The molecule has 0 radical (unpaired) electrons. The molecule has 9 aliphatic carbocycles. The maximum Gasteiger partial charge on any atom is 0.142 e. The Balaban J connectivity index is 1.05. The van der Waals surface area contributed by atoms with E-state index in [2.05, 4.69) is 0 Å². The lowest BCUT2D eigenvalue weighted by molar-refractivity contribution is -0.150. The molecule has 0 heterocycles. The fourth-order valence-corrected chi connectivity index (χ4v) is 11.5. The van der Waals surface area contributed by atoms with E-state index in [0.717, 1.165) is 67.6 Å². The van der Waals surface area contributed by atoms with Crippen molar-refractivity contribution in [3.63, 3.8) is 0 Å². The lowest BCUT2D eigenvalue weighted by atomic mass is 9.47. The highest BCUT2D eigenvalue weighted by Gasteiger charge is 2.57. The van der Waals surface area contributed by atoms with Crippen LogP contribution >= 0.6 is 0 Å². The first kappa shape index (κ1) is 19.8. The third-order valence-electron chi connectivity index (χ3n) is 11.8. The van der Waals surface area contributed by atoms with Crippen molar-refractivity contribution in [1.29, 1.82) is 0 Å². The van der Waals surface area contributed by atoms with Crippen molar-refractivity contribution in [2.24, 2.45) is 58.2 Å². The van der Waals surface area contributed by atoms with Gasteiger partial charge in [0.1, 0.15) is 11.6 Å². The van der Waals surface area contributed by atoms with E-state index in [-0.39, 0.29) is 22.7 Å². The molecule has 2 unspecified atom stereocenters. The van der Waals surface area contributed by atoms with E-state index in [4.69, 9.17) is 0 Å².